The van der Waals surface area contributed by atoms with Crippen LogP contribution in [0.3, 0.4) is 0 Å². The molecule has 0 aliphatic carbocycles. The fourth-order valence-corrected chi connectivity index (χ4v) is 2.40. The number of benzene rings is 1. The molecule has 0 aliphatic heterocycles. The highest BCUT2D eigenvalue weighted by molar-refractivity contribution is 14.1. The molecule has 0 bridgehead atoms. The van der Waals surface area contributed by atoms with Gasteiger partial charge >= 0.3 is 0 Å². The summed E-state index contributed by atoms with van der Waals surface area (Å²) < 4.78 is 0.417. The van der Waals surface area contributed by atoms with E-state index in [9.17, 15) is 14.8 Å². The van der Waals surface area contributed by atoms with Crippen LogP contribution in [0.1, 0.15) is 18.4 Å². The van der Waals surface area contributed by atoms with E-state index in [1.807, 2.05) is 22.6 Å². The molecule has 23 heavy (non-hydrogen) atoms. The molecule has 126 valence electrons. The molecular weight excluding hydrogens is 454 g/mol. The average Bonchev–Trinajstić information content (AvgIpc) is 2.52. The fraction of sp³-hybridized carbons (Fsp3) is 0.333. The Labute approximate surface area is 158 Å². The van der Waals surface area contributed by atoms with Gasteiger partial charge in [0.15, 0.2) is 0 Å². The summed E-state index contributed by atoms with van der Waals surface area (Å²) >= 11 is 13.8. The first kappa shape index (κ1) is 20.2. The Morgan fingerprint density at radius 2 is 2.04 bits per heavy atom. The third-order valence-electron chi connectivity index (χ3n) is 2.86. The number of amides is 2. The molecule has 0 saturated carbocycles. The van der Waals surface area contributed by atoms with Crippen molar-refractivity contribution in [1.82, 2.24) is 10.4 Å². The van der Waals surface area contributed by atoms with Crippen molar-refractivity contribution in [3.8, 4) is 0 Å². The first-order valence-corrected chi connectivity index (χ1v) is 9.18. The third-order valence-corrected chi connectivity index (χ3v) is 4.12. The molecule has 2 N–H and O–H groups in total. The van der Waals surface area contributed by atoms with E-state index in [1.165, 1.54) is 12.2 Å². The van der Waals surface area contributed by atoms with Crippen LogP contribution in [0.4, 0.5) is 0 Å². The fourth-order valence-electron chi connectivity index (χ4n) is 1.66. The van der Waals surface area contributed by atoms with Gasteiger partial charge in [-0.05, 0) is 36.6 Å². The third kappa shape index (κ3) is 8.01. The van der Waals surface area contributed by atoms with Crippen LogP contribution < -0.4 is 5.32 Å². The second-order valence-corrected chi connectivity index (χ2v) is 6.26. The highest BCUT2D eigenvalue weighted by Crippen LogP contribution is 2.21. The summed E-state index contributed by atoms with van der Waals surface area (Å²) in [5.41, 5.74) is 0.638. The zero-order valence-electron chi connectivity index (χ0n) is 12.3. The highest BCUT2D eigenvalue weighted by Gasteiger charge is 2.07. The van der Waals surface area contributed by atoms with Crippen LogP contribution in [-0.4, -0.2) is 39.6 Å². The lowest BCUT2D eigenvalue weighted by molar-refractivity contribution is -0.159. The van der Waals surface area contributed by atoms with Crippen molar-refractivity contribution < 1.29 is 14.8 Å². The predicted molar refractivity (Wildman–Crippen MR) is 100 cm³/mol. The van der Waals surface area contributed by atoms with Crippen molar-refractivity contribution in [1.29, 1.82) is 0 Å². The summed E-state index contributed by atoms with van der Waals surface area (Å²) in [7, 11) is 0. The van der Waals surface area contributed by atoms with Crippen LogP contribution >= 0.6 is 45.8 Å². The quantitative estimate of drug-likeness (QED) is 0.152. The minimum Gasteiger partial charge on any atom is -0.355 e. The second-order valence-electron chi connectivity index (χ2n) is 4.65. The molecule has 0 atom stereocenters. The first-order valence-electron chi connectivity index (χ1n) is 6.90. The number of halogens is 3. The molecule has 2 amide bonds. The normalized spacial score (nSPS) is 10.8. The molecule has 0 radical (unpaired) electrons. The number of carbonyl (C=O) groups excluding carboxylic acids is 2. The predicted octanol–water partition coefficient (Wildman–Crippen LogP) is 3.56. The number of carbonyl (C=O) groups is 2. The van der Waals surface area contributed by atoms with Gasteiger partial charge in [0, 0.05) is 29.2 Å². The van der Waals surface area contributed by atoms with E-state index in [4.69, 9.17) is 23.2 Å². The van der Waals surface area contributed by atoms with Gasteiger partial charge in [0.2, 0.25) is 5.91 Å². The molecular formula is C15H17Cl2IN2O3. The van der Waals surface area contributed by atoms with Gasteiger partial charge in [0.05, 0.1) is 4.43 Å². The summed E-state index contributed by atoms with van der Waals surface area (Å²) in [4.78, 5) is 22.8. The van der Waals surface area contributed by atoms with Crippen LogP contribution in [0.25, 0.3) is 6.08 Å². The summed E-state index contributed by atoms with van der Waals surface area (Å²) in [5.74, 6) is -0.558. The van der Waals surface area contributed by atoms with E-state index >= 15 is 0 Å². The number of hydrogen-bond donors (Lipinski definition) is 2. The maximum atomic E-state index is 11.8. The van der Waals surface area contributed by atoms with E-state index in [1.54, 1.807) is 18.2 Å². The molecule has 8 heteroatoms. The van der Waals surface area contributed by atoms with E-state index in [2.05, 4.69) is 5.32 Å². The van der Waals surface area contributed by atoms with Gasteiger partial charge in [-0.2, -0.15) is 0 Å². The van der Waals surface area contributed by atoms with Gasteiger partial charge in [-0.15, -0.1) is 0 Å². The van der Waals surface area contributed by atoms with Crippen LogP contribution in [0.5, 0.6) is 0 Å². The van der Waals surface area contributed by atoms with Crippen molar-refractivity contribution in [2.75, 3.05) is 17.5 Å². The number of hydroxylamine groups is 2. The SMILES string of the molecule is O=C(CI)NCCCCN(O)C(=O)/C=C/c1ccc(Cl)cc1Cl. The van der Waals surface area contributed by atoms with Crippen molar-refractivity contribution in [3.05, 3.63) is 39.9 Å². The zero-order valence-corrected chi connectivity index (χ0v) is 15.9. The Kier molecular flexibility index (Phi) is 9.54. The number of nitrogens with zero attached hydrogens (tertiary/aromatic N) is 1. The standard InChI is InChI=1S/C15H17Cl2IN2O3/c16-12-5-3-11(13(17)9-12)4-6-15(22)20(23)8-2-1-7-19-14(21)10-18/h3-6,9,23H,1-2,7-8,10H2,(H,19,21)/b6-4+. The summed E-state index contributed by atoms with van der Waals surface area (Å²) in [6.45, 7) is 0.720. The van der Waals surface area contributed by atoms with Gasteiger partial charge in [-0.3, -0.25) is 14.8 Å². The first-order chi connectivity index (χ1) is 10.9. The minimum absolute atomic E-state index is 0.0229. The van der Waals surface area contributed by atoms with Gasteiger partial charge < -0.3 is 5.32 Å². The van der Waals surface area contributed by atoms with E-state index < -0.39 is 5.91 Å². The van der Waals surface area contributed by atoms with Crippen LogP contribution in [-0.2, 0) is 9.59 Å². The van der Waals surface area contributed by atoms with Crippen molar-refractivity contribution in [2.24, 2.45) is 0 Å². The van der Waals surface area contributed by atoms with Crippen LogP contribution in [0.2, 0.25) is 10.0 Å². The van der Waals surface area contributed by atoms with Crippen molar-refractivity contribution in [3.63, 3.8) is 0 Å². The number of unbranched alkanes of at least 4 members (excludes halogenated alkanes) is 1. The largest absolute Gasteiger partial charge is 0.355 e. The second kappa shape index (κ2) is 10.9. The molecule has 0 spiro atoms. The van der Waals surface area contributed by atoms with Gasteiger partial charge in [0.25, 0.3) is 5.91 Å². The maximum Gasteiger partial charge on any atom is 0.269 e. The number of rotatable bonds is 8. The van der Waals surface area contributed by atoms with Crippen LogP contribution in [0.15, 0.2) is 24.3 Å². The smallest absolute Gasteiger partial charge is 0.269 e. The molecule has 0 saturated heterocycles. The molecule has 0 aromatic heterocycles. The molecule has 1 rings (SSSR count). The van der Waals surface area contributed by atoms with Crippen LogP contribution in [0, 0.1) is 0 Å². The Morgan fingerprint density at radius 3 is 2.70 bits per heavy atom. The van der Waals surface area contributed by atoms with E-state index in [0.717, 1.165) is 0 Å². The molecule has 0 aliphatic rings. The zero-order chi connectivity index (χ0) is 17.2. The van der Waals surface area contributed by atoms with Gasteiger partial charge in [-0.25, -0.2) is 5.06 Å². The van der Waals surface area contributed by atoms with Crippen molar-refractivity contribution >= 4 is 63.7 Å². The monoisotopic (exact) mass is 470 g/mol. The Hall–Kier alpha value is -0.830. The summed E-state index contributed by atoms with van der Waals surface area (Å²) in [6.07, 6.45) is 4.02. The number of hydrogen-bond acceptors (Lipinski definition) is 3. The Balaban J connectivity index is 2.36. The van der Waals surface area contributed by atoms with Gasteiger partial charge in [0.1, 0.15) is 0 Å². The van der Waals surface area contributed by atoms with E-state index in [0.29, 0.717) is 44.5 Å². The molecule has 0 fully saturated rings. The van der Waals surface area contributed by atoms with E-state index in [-0.39, 0.29) is 12.5 Å². The molecule has 1 aromatic carbocycles. The number of nitrogens with one attached hydrogen (secondary N) is 1. The average molecular weight is 471 g/mol. The molecule has 0 heterocycles. The molecule has 0 unspecified atom stereocenters. The Bertz CT molecular complexity index is 582. The molecule has 1 aromatic rings. The lowest BCUT2D eigenvalue weighted by Crippen LogP contribution is -2.28. The van der Waals surface area contributed by atoms with Gasteiger partial charge in [-0.1, -0.05) is 51.9 Å². The number of alkyl halides is 1. The highest BCUT2D eigenvalue weighted by atomic mass is 127. The minimum atomic E-state index is -0.535. The lowest BCUT2D eigenvalue weighted by atomic mass is 10.2. The lowest BCUT2D eigenvalue weighted by Gasteiger charge is -2.12. The summed E-state index contributed by atoms with van der Waals surface area (Å²) in [6, 6.07) is 4.93. The maximum absolute atomic E-state index is 11.8. The topological polar surface area (TPSA) is 69.6 Å². The molecule has 5 nitrogen and oxygen atoms in total. The Morgan fingerprint density at radius 1 is 1.30 bits per heavy atom. The summed E-state index contributed by atoms with van der Waals surface area (Å²) in [5, 5.41) is 14.0. The van der Waals surface area contributed by atoms with Crippen molar-refractivity contribution in [2.45, 2.75) is 12.8 Å².